The highest BCUT2D eigenvalue weighted by Gasteiger charge is 2.12. The third-order valence-electron chi connectivity index (χ3n) is 3.75. The summed E-state index contributed by atoms with van der Waals surface area (Å²) in [6, 6.07) is 10.9. The zero-order chi connectivity index (χ0) is 19.4. The standard InChI is InChI=1S/C20H14BrN5O/c1-12-6-14(9-22)7-13(2)20(12)27-17-8-19(25-11-16(17)21)26-18-5-4-15(23-3)10-24-18/h4-8,10-11H,1-2H3,(H,24,25,26). The maximum atomic E-state index is 9.08. The van der Waals surface area contributed by atoms with Crippen molar-refractivity contribution in [1.29, 1.82) is 5.26 Å². The van der Waals surface area contributed by atoms with Crippen LogP contribution in [0.4, 0.5) is 17.3 Å². The number of ether oxygens (including phenoxy) is 1. The summed E-state index contributed by atoms with van der Waals surface area (Å²) in [7, 11) is 0. The van der Waals surface area contributed by atoms with Gasteiger partial charge in [-0.1, -0.05) is 6.07 Å². The lowest BCUT2D eigenvalue weighted by molar-refractivity contribution is 0.471. The molecule has 1 aromatic carbocycles. The first-order valence-electron chi connectivity index (χ1n) is 7.95. The minimum atomic E-state index is 0.472. The van der Waals surface area contributed by atoms with Crippen LogP contribution in [0.1, 0.15) is 16.7 Å². The summed E-state index contributed by atoms with van der Waals surface area (Å²) in [5.74, 6) is 2.42. The van der Waals surface area contributed by atoms with Crippen LogP contribution in [-0.4, -0.2) is 9.97 Å². The SMILES string of the molecule is [C-]#[N+]c1ccc(Nc2cc(Oc3c(C)cc(C#N)cc3C)c(Br)cn2)nc1. The first-order valence-corrected chi connectivity index (χ1v) is 8.74. The van der Waals surface area contributed by atoms with E-state index >= 15 is 0 Å². The molecule has 0 saturated carbocycles. The van der Waals surface area contributed by atoms with Gasteiger partial charge < -0.3 is 10.1 Å². The Morgan fingerprint density at radius 1 is 1.11 bits per heavy atom. The first kappa shape index (κ1) is 18.4. The maximum absolute atomic E-state index is 9.08. The monoisotopic (exact) mass is 419 g/mol. The van der Waals surface area contributed by atoms with Crippen LogP contribution < -0.4 is 10.1 Å². The normalized spacial score (nSPS) is 9.96. The molecular formula is C20H14BrN5O. The highest BCUT2D eigenvalue weighted by atomic mass is 79.9. The molecule has 0 aliphatic heterocycles. The summed E-state index contributed by atoms with van der Waals surface area (Å²) < 4.78 is 6.79. The van der Waals surface area contributed by atoms with Gasteiger partial charge in [0, 0.05) is 18.5 Å². The van der Waals surface area contributed by atoms with E-state index < -0.39 is 0 Å². The van der Waals surface area contributed by atoms with Crippen LogP contribution in [0, 0.1) is 31.8 Å². The van der Waals surface area contributed by atoms with Crippen molar-refractivity contribution in [3.8, 4) is 17.6 Å². The second kappa shape index (κ2) is 7.86. The lowest BCUT2D eigenvalue weighted by Gasteiger charge is -2.14. The predicted octanol–water partition coefficient (Wildman–Crippen LogP) is 5.81. The Morgan fingerprint density at radius 3 is 2.41 bits per heavy atom. The number of benzene rings is 1. The lowest BCUT2D eigenvalue weighted by atomic mass is 10.1. The van der Waals surface area contributed by atoms with E-state index in [1.165, 1.54) is 6.20 Å². The molecule has 27 heavy (non-hydrogen) atoms. The number of nitriles is 1. The molecule has 2 aromatic heterocycles. The van der Waals surface area contributed by atoms with E-state index in [2.05, 4.69) is 42.1 Å². The Balaban J connectivity index is 1.88. The van der Waals surface area contributed by atoms with Crippen LogP contribution in [0.5, 0.6) is 11.5 Å². The molecule has 7 heteroatoms. The van der Waals surface area contributed by atoms with Crippen LogP contribution in [0.25, 0.3) is 4.85 Å². The number of nitrogens with zero attached hydrogens (tertiary/aromatic N) is 4. The van der Waals surface area contributed by atoms with Gasteiger partial charge >= 0.3 is 0 Å². The summed E-state index contributed by atoms with van der Waals surface area (Å²) in [6.07, 6.45) is 3.13. The minimum absolute atomic E-state index is 0.472. The second-order valence-electron chi connectivity index (χ2n) is 5.79. The third-order valence-corrected chi connectivity index (χ3v) is 4.35. The van der Waals surface area contributed by atoms with Crippen LogP contribution in [0.15, 0.2) is 47.2 Å². The summed E-state index contributed by atoms with van der Waals surface area (Å²) in [5, 5.41) is 12.2. The highest BCUT2D eigenvalue weighted by Crippen LogP contribution is 2.35. The van der Waals surface area contributed by atoms with Crippen molar-refractivity contribution < 1.29 is 4.74 Å². The van der Waals surface area contributed by atoms with Gasteiger partial charge in [0.1, 0.15) is 23.1 Å². The fourth-order valence-corrected chi connectivity index (χ4v) is 2.81. The molecule has 0 amide bonds. The van der Waals surface area contributed by atoms with E-state index in [0.29, 0.717) is 38.9 Å². The zero-order valence-corrected chi connectivity index (χ0v) is 16.2. The maximum Gasteiger partial charge on any atom is 0.205 e. The molecule has 0 aliphatic rings. The summed E-state index contributed by atoms with van der Waals surface area (Å²) in [6.45, 7) is 10.8. The van der Waals surface area contributed by atoms with Gasteiger partial charge in [0.05, 0.1) is 22.7 Å². The van der Waals surface area contributed by atoms with Crippen molar-refractivity contribution in [3.63, 3.8) is 0 Å². The fourth-order valence-electron chi connectivity index (χ4n) is 2.51. The van der Waals surface area contributed by atoms with Crippen molar-refractivity contribution in [3.05, 3.63) is 75.3 Å². The molecule has 3 rings (SSSR count). The summed E-state index contributed by atoms with van der Waals surface area (Å²) >= 11 is 3.45. The number of anilines is 2. The number of aromatic nitrogens is 2. The fraction of sp³-hybridized carbons (Fsp3) is 0.100. The molecule has 0 bridgehead atoms. The summed E-state index contributed by atoms with van der Waals surface area (Å²) in [5.41, 5.74) is 2.82. The van der Waals surface area contributed by atoms with Crippen LogP contribution >= 0.6 is 15.9 Å². The largest absolute Gasteiger partial charge is 0.455 e. The molecule has 0 atom stereocenters. The van der Waals surface area contributed by atoms with Crippen LogP contribution in [-0.2, 0) is 0 Å². The van der Waals surface area contributed by atoms with Gasteiger partial charge in [-0.2, -0.15) is 5.26 Å². The smallest absolute Gasteiger partial charge is 0.205 e. The first-order chi connectivity index (χ1) is 13.0. The third kappa shape index (κ3) is 4.22. The average molecular weight is 420 g/mol. The molecule has 0 saturated heterocycles. The van der Waals surface area contributed by atoms with E-state index in [4.69, 9.17) is 16.6 Å². The van der Waals surface area contributed by atoms with Gasteiger partial charge in [-0.25, -0.2) is 9.83 Å². The van der Waals surface area contributed by atoms with Gasteiger partial charge in [0.25, 0.3) is 0 Å². The quantitative estimate of drug-likeness (QED) is 0.539. The predicted molar refractivity (Wildman–Crippen MR) is 106 cm³/mol. The van der Waals surface area contributed by atoms with Crippen LogP contribution in [0.3, 0.4) is 0 Å². The van der Waals surface area contributed by atoms with Gasteiger partial charge in [-0.3, -0.25) is 4.98 Å². The molecule has 0 radical (unpaired) electrons. The molecule has 0 spiro atoms. The van der Waals surface area contributed by atoms with Crippen molar-refractivity contribution >= 4 is 33.3 Å². The highest BCUT2D eigenvalue weighted by molar-refractivity contribution is 9.10. The number of halogens is 1. The zero-order valence-electron chi connectivity index (χ0n) is 14.6. The van der Waals surface area contributed by atoms with Crippen molar-refractivity contribution in [2.45, 2.75) is 13.8 Å². The Hall–Kier alpha value is -3.42. The topological polar surface area (TPSA) is 75.2 Å². The number of nitrogens with one attached hydrogen (secondary N) is 1. The lowest BCUT2D eigenvalue weighted by Crippen LogP contribution is -1.98. The number of aryl methyl sites for hydroxylation is 2. The van der Waals surface area contributed by atoms with Crippen molar-refractivity contribution in [1.82, 2.24) is 9.97 Å². The average Bonchev–Trinajstić information content (AvgIpc) is 2.67. The van der Waals surface area contributed by atoms with Gasteiger partial charge in [0.2, 0.25) is 5.69 Å². The van der Waals surface area contributed by atoms with E-state index in [9.17, 15) is 0 Å². The number of rotatable bonds is 4. The second-order valence-corrected chi connectivity index (χ2v) is 6.65. The molecule has 3 aromatic rings. The molecule has 0 unspecified atom stereocenters. The molecule has 6 nitrogen and oxygen atoms in total. The Bertz CT molecular complexity index is 1060. The van der Waals surface area contributed by atoms with Gasteiger partial charge in [-0.15, -0.1) is 0 Å². The molecule has 0 fully saturated rings. The molecular weight excluding hydrogens is 406 g/mol. The Morgan fingerprint density at radius 2 is 1.81 bits per heavy atom. The number of hydrogen-bond acceptors (Lipinski definition) is 5. The number of hydrogen-bond donors (Lipinski definition) is 1. The van der Waals surface area contributed by atoms with E-state index in [1.54, 1.807) is 36.5 Å². The van der Waals surface area contributed by atoms with Crippen molar-refractivity contribution in [2.24, 2.45) is 0 Å². The molecule has 1 N–H and O–H groups in total. The van der Waals surface area contributed by atoms with E-state index in [-0.39, 0.29) is 0 Å². The Labute approximate surface area is 165 Å². The molecule has 2 heterocycles. The summed E-state index contributed by atoms with van der Waals surface area (Å²) in [4.78, 5) is 11.8. The van der Waals surface area contributed by atoms with Gasteiger partial charge in [0.15, 0.2) is 0 Å². The molecule has 132 valence electrons. The minimum Gasteiger partial charge on any atom is -0.455 e. The van der Waals surface area contributed by atoms with E-state index in [0.717, 1.165) is 11.1 Å². The van der Waals surface area contributed by atoms with E-state index in [1.807, 2.05) is 13.8 Å². The Kier molecular flexibility index (Phi) is 5.35. The molecule has 0 aliphatic carbocycles. The van der Waals surface area contributed by atoms with Crippen molar-refractivity contribution in [2.75, 3.05) is 5.32 Å². The van der Waals surface area contributed by atoms with Gasteiger partial charge in [-0.05, 0) is 59.1 Å². The van der Waals surface area contributed by atoms with Crippen LogP contribution in [0.2, 0.25) is 0 Å². The number of pyridine rings is 2.